The molecule has 0 aliphatic carbocycles. The predicted octanol–water partition coefficient (Wildman–Crippen LogP) is 2.32. The molecule has 0 unspecified atom stereocenters. The Balaban J connectivity index is 2.68. The van der Waals surface area contributed by atoms with E-state index in [1.807, 2.05) is 20.8 Å². The molecule has 6 nitrogen and oxygen atoms in total. The lowest BCUT2D eigenvalue weighted by Gasteiger charge is -2.10. The molecule has 1 aromatic rings. The largest absolute Gasteiger partial charge is 0.492 e. The zero-order chi connectivity index (χ0) is 15.7. The van der Waals surface area contributed by atoms with Crippen LogP contribution in [0.1, 0.15) is 33.6 Å². The molecule has 2 amide bonds. The minimum Gasteiger partial charge on any atom is -0.492 e. The summed E-state index contributed by atoms with van der Waals surface area (Å²) in [7, 11) is 0. The lowest BCUT2D eigenvalue weighted by Crippen LogP contribution is -2.33. The van der Waals surface area contributed by atoms with Crippen molar-refractivity contribution in [1.29, 1.82) is 0 Å². The Morgan fingerprint density at radius 2 is 1.76 bits per heavy atom. The molecule has 0 radical (unpaired) electrons. The van der Waals surface area contributed by atoms with Gasteiger partial charge in [0.25, 0.3) is 0 Å². The molecule has 0 fully saturated rings. The highest BCUT2D eigenvalue weighted by atomic mass is 16.5. The zero-order valence-electron chi connectivity index (χ0n) is 12.6. The van der Waals surface area contributed by atoms with E-state index in [1.54, 1.807) is 24.3 Å². The quantitative estimate of drug-likeness (QED) is 0.479. The first-order valence-corrected chi connectivity index (χ1v) is 7.00. The van der Waals surface area contributed by atoms with E-state index < -0.39 is 11.8 Å². The third-order valence-electron chi connectivity index (χ3n) is 2.77. The number of hydrazone groups is 1. The number of rotatable bonds is 6. The van der Waals surface area contributed by atoms with Crippen molar-refractivity contribution in [3.05, 3.63) is 24.3 Å². The van der Waals surface area contributed by atoms with Crippen LogP contribution in [0.5, 0.6) is 5.75 Å². The number of hydrogen-bond donors (Lipinski definition) is 2. The van der Waals surface area contributed by atoms with Gasteiger partial charge in [0.1, 0.15) is 5.75 Å². The number of para-hydroxylation sites is 2. The van der Waals surface area contributed by atoms with E-state index in [0.29, 0.717) is 18.0 Å². The van der Waals surface area contributed by atoms with Crippen LogP contribution >= 0.6 is 0 Å². The minimum absolute atomic E-state index is 0.453. The Labute approximate surface area is 124 Å². The molecule has 0 saturated heterocycles. The van der Waals surface area contributed by atoms with Crippen molar-refractivity contribution in [3.63, 3.8) is 0 Å². The van der Waals surface area contributed by atoms with Crippen molar-refractivity contribution in [1.82, 2.24) is 5.43 Å². The van der Waals surface area contributed by atoms with Crippen LogP contribution in [0.4, 0.5) is 5.69 Å². The van der Waals surface area contributed by atoms with Gasteiger partial charge in [-0.1, -0.05) is 26.0 Å². The molecule has 0 aliphatic rings. The fourth-order valence-corrected chi connectivity index (χ4v) is 1.62. The van der Waals surface area contributed by atoms with E-state index in [4.69, 9.17) is 4.74 Å². The molecule has 0 bridgehead atoms. The van der Waals surface area contributed by atoms with Gasteiger partial charge < -0.3 is 10.1 Å². The minimum atomic E-state index is -0.805. The van der Waals surface area contributed by atoms with Crippen LogP contribution in [0, 0.1) is 0 Å². The molecule has 0 aromatic heterocycles. The Bertz CT molecular complexity index is 521. The molecule has 114 valence electrons. The Morgan fingerprint density at radius 3 is 2.38 bits per heavy atom. The van der Waals surface area contributed by atoms with E-state index in [1.165, 1.54) is 0 Å². The van der Waals surface area contributed by atoms with Crippen molar-refractivity contribution in [2.45, 2.75) is 33.6 Å². The lowest BCUT2D eigenvalue weighted by molar-refractivity contribution is -0.136. The maximum atomic E-state index is 11.8. The summed E-state index contributed by atoms with van der Waals surface area (Å²) in [4.78, 5) is 23.5. The molecule has 0 spiro atoms. The van der Waals surface area contributed by atoms with E-state index in [0.717, 1.165) is 18.6 Å². The van der Waals surface area contributed by atoms with Crippen LogP contribution in [0.2, 0.25) is 0 Å². The van der Waals surface area contributed by atoms with Gasteiger partial charge in [-0.3, -0.25) is 9.59 Å². The van der Waals surface area contributed by atoms with Crippen molar-refractivity contribution >= 4 is 23.2 Å². The van der Waals surface area contributed by atoms with Crippen LogP contribution < -0.4 is 15.5 Å². The summed E-state index contributed by atoms with van der Waals surface area (Å²) in [5.74, 6) is -1.06. The van der Waals surface area contributed by atoms with E-state index in [-0.39, 0.29) is 0 Å². The summed E-state index contributed by atoms with van der Waals surface area (Å²) in [6.07, 6.45) is 1.46. The van der Waals surface area contributed by atoms with Gasteiger partial charge in [-0.2, -0.15) is 5.10 Å². The van der Waals surface area contributed by atoms with Crippen LogP contribution in [0.25, 0.3) is 0 Å². The fourth-order valence-electron chi connectivity index (χ4n) is 1.62. The van der Waals surface area contributed by atoms with Crippen LogP contribution in [0.15, 0.2) is 29.4 Å². The summed E-state index contributed by atoms with van der Waals surface area (Å²) < 4.78 is 5.38. The van der Waals surface area contributed by atoms with Gasteiger partial charge in [0.2, 0.25) is 0 Å². The number of anilines is 1. The third kappa shape index (κ3) is 5.25. The smallest absolute Gasteiger partial charge is 0.329 e. The average Bonchev–Trinajstić information content (AvgIpc) is 2.50. The number of ether oxygens (including phenoxy) is 1. The first-order chi connectivity index (χ1) is 10.1. The Morgan fingerprint density at radius 1 is 1.10 bits per heavy atom. The number of carbonyl (C=O) groups is 2. The van der Waals surface area contributed by atoms with Gasteiger partial charge in [0, 0.05) is 5.71 Å². The maximum absolute atomic E-state index is 11.8. The summed E-state index contributed by atoms with van der Waals surface area (Å²) in [5.41, 5.74) is 3.53. The Hall–Kier alpha value is -2.37. The molecular weight excluding hydrogens is 270 g/mol. The molecular formula is C15H21N3O3. The number of carbonyl (C=O) groups excluding carboxylic acids is 2. The molecule has 2 N–H and O–H groups in total. The van der Waals surface area contributed by atoms with Gasteiger partial charge in [0.15, 0.2) is 0 Å². The van der Waals surface area contributed by atoms with Gasteiger partial charge in [-0.25, -0.2) is 5.43 Å². The van der Waals surface area contributed by atoms with E-state index >= 15 is 0 Å². The Kier molecular flexibility index (Phi) is 6.94. The van der Waals surface area contributed by atoms with Crippen LogP contribution in [-0.2, 0) is 9.59 Å². The highest BCUT2D eigenvalue weighted by Crippen LogP contribution is 2.23. The van der Waals surface area contributed by atoms with Gasteiger partial charge in [-0.05, 0) is 31.9 Å². The van der Waals surface area contributed by atoms with Crippen molar-refractivity contribution in [2.75, 3.05) is 11.9 Å². The number of benzene rings is 1. The van der Waals surface area contributed by atoms with E-state index in [9.17, 15) is 9.59 Å². The summed E-state index contributed by atoms with van der Waals surface area (Å²) >= 11 is 0. The van der Waals surface area contributed by atoms with Gasteiger partial charge in [-0.15, -0.1) is 0 Å². The van der Waals surface area contributed by atoms with Crippen LogP contribution in [0.3, 0.4) is 0 Å². The van der Waals surface area contributed by atoms with Crippen molar-refractivity contribution < 1.29 is 14.3 Å². The predicted molar refractivity (Wildman–Crippen MR) is 82.4 cm³/mol. The molecule has 0 atom stereocenters. The summed E-state index contributed by atoms with van der Waals surface area (Å²) in [6, 6.07) is 6.94. The first kappa shape index (κ1) is 16.7. The highest BCUT2D eigenvalue weighted by molar-refractivity contribution is 6.39. The number of nitrogens with one attached hydrogen (secondary N) is 2. The van der Waals surface area contributed by atoms with E-state index in [2.05, 4.69) is 15.8 Å². The first-order valence-electron chi connectivity index (χ1n) is 7.00. The summed E-state index contributed by atoms with van der Waals surface area (Å²) in [6.45, 7) is 6.19. The number of amides is 2. The summed E-state index contributed by atoms with van der Waals surface area (Å²) in [5, 5.41) is 6.42. The van der Waals surface area contributed by atoms with Crippen molar-refractivity contribution in [2.24, 2.45) is 5.10 Å². The molecule has 0 saturated carbocycles. The normalized spacial score (nSPS) is 9.67. The SMILES string of the molecule is CCOc1ccccc1NC(=O)C(=O)NN=C(CC)CC. The third-order valence-corrected chi connectivity index (χ3v) is 2.77. The standard InChI is InChI=1S/C15H21N3O3/c1-4-11(5-2)17-18-15(20)14(19)16-12-9-7-8-10-13(12)21-6-3/h7-10H,4-6H2,1-3H3,(H,16,19)(H,18,20). The molecule has 6 heteroatoms. The molecule has 1 rings (SSSR count). The number of nitrogens with zero attached hydrogens (tertiary/aromatic N) is 1. The topological polar surface area (TPSA) is 79.8 Å². The lowest BCUT2D eigenvalue weighted by atomic mass is 10.2. The van der Waals surface area contributed by atoms with Gasteiger partial charge >= 0.3 is 11.8 Å². The van der Waals surface area contributed by atoms with Crippen LogP contribution in [-0.4, -0.2) is 24.1 Å². The zero-order valence-corrected chi connectivity index (χ0v) is 12.6. The average molecular weight is 291 g/mol. The highest BCUT2D eigenvalue weighted by Gasteiger charge is 2.15. The molecule has 0 heterocycles. The second kappa shape index (κ2) is 8.73. The second-order valence-electron chi connectivity index (χ2n) is 4.21. The van der Waals surface area contributed by atoms with Gasteiger partial charge in [0.05, 0.1) is 12.3 Å². The fraction of sp³-hybridized carbons (Fsp3) is 0.400. The number of hydrogen-bond acceptors (Lipinski definition) is 4. The van der Waals surface area contributed by atoms with Crippen molar-refractivity contribution in [3.8, 4) is 5.75 Å². The maximum Gasteiger partial charge on any atom is 0.329 e. The molecule has 0 aliphatic heterocycles. The monoisotopic (exact) mass is 291 g/mol. The second-order valence-corrected chi connectivity index (χ2v) is 4.21. The molecule has 21 heavy (non-hydrogen) atoms. The molecule has 1 aromatic carbocycles.